The molecule has 3 rings (SSSR count). The molecular weight excluding hydrogens is 285 g/mol. The molecule has 0 spiro atoms. The molecule has 0 aliphatic carbocycles. The van der Waals surface area contributed by atoms with E-state index in [1.807, 2.05) is 0 Å². The van der Waals surface area contributed by atoms with Crippen molar-refractivity contribution >= 4 is 16.9 Å². The first-order valence-electron chi connectivity index (χ1n) is 6.61. The predicted octanol–water partition coefficient (Wildman–Crippen LogP) is 2.40. The molecular formula is C16H12FN3O2. The van der Waals surface area contributed by atoms with Crippen LogP contribution < -0.4 is 5.32 Å². The van der Waals surface area contributed by atoms with Gasteiger partial charge in [-0.05, 0) is 30.3 Å². The maximum atomic E-state index is 13.6. The molecule has 1 aromatic carbocycles. The molecule has 0 bridgehead atoms. The summed E-state index contributed by atoms with van der Waals surface area (Å²) in [4.78, 5) is 20.4. The average molecular weight is 297 g/mol. The number of fused-ring (bicyclic) bond motifs is 1. The van der Waals surface area contributed by atoms with Crippen molar-refractivity contribution in [2.45, 2.75) is 6.54 Å². The van der Waals surface area contributed by atoms with Crippen LogP contribution in [-0.2, 0) is 6.54 Å². The summed E-state index contributed by atoms with van der Waals surface area (Å²) in [5, 5.41) is 11.9. The fourth-order valence-electron chi connectivity index (χ4n) is 2.05. The van der Waals surface area contributed by atoms with E-state index in [9.17, 15) is 14.3 Å². The predicted molar refractivity (Wildman–Crippen MR) is 78.8 cm³/mol. The van der Waals surface area contributed by atoms with Crippen molar-refractivity contribution in [2.24, 2.45) is 0 Å². The average Bonchev–Trinajstić information content (AvgIpc) is 2.55. The second-order valence-electron chi connectivity index (χ2n) is 4.67. The van der Waals surface area contributed by atoms with Crippen molar-refractivity contribution < 1.29 is 14.3 Å². The van der Waals surface area contributed by atoms with Gasteiger partial charge >= 0.3 is 0 Å². The number of benzene rings is 1. The molecule has 2 heterocycles. The minimum absolute atomic E-state index is 0.0359. The zero-order chi connectivity index (χ0) is 15.5. The Kier molecular flexibility index (Phi) is 3.65. The summed E-state index contributed by atoms with van der Waals surface area (Å²) in [5.41, 5.74) is 1.73. The number of aromatic nitrogens is 2. The van der Waals surface area contributed by atoms with Crippen LogP contribution in [0.15, 0.2) is 48.7 Å². The number of hydrogen-bond acceptors (Lipinski definition) is 4. The topological polar surface area (TPSA) is 75.1 Å². The Morgan fingerprint density at radius 2 is 2.00 bits per heavy atom. The Labute approximate surface area is 125 Å². The smallest absolute Gasteiger partial charge is 0.270 e. The number of aromatic hydroxyl groups is 1. The Morgan fingerprint density at radius 3 is 2.86 bits per heavy atom. The maximum Gasteiger partial charge on any atom is 0.270 e. The molecule has 5 nitrogen and oxygen atoms in total. The minimum atomic E-state index is -0.738. The number of phenols is 1. The normalized spacial score (nSPS) is 10.6. The van der Waals surface area contributed by atoms with E-state index >= 15 is 0 Å². The van der Waals surface area contributed by atoms with Crippen LogP contribution in [0.2, 0.25) is 0 Å². The number of rotatable bonds is 3. The van der Waals surface area contributed by atoms with E-state index in [0.717, 1.165) is 0 Å². The lowest BCUT2D eigenvalue weighted by molar-refractivity contribution is 0.0946. The molecule has 1 amide bonds. The van der Waals surface area contributed by atoms with Gasteiger partial charge in [-0.15, -0.1) is 0 Å². The van der Waals surface area contributed by atoms with E-state index in [0.29, 0.717) is 11.0 Å². The highest BCUT2D eigenvalue weighted by molar-refractivity contribution is 5.94. The monoisotopic (exact) mass is 297 g/mol. The molecule has 0 unspecified atom stereocenters. The second kappa shape index (κ2) is 5.77. The first kappa shape index (κ1) is 13.9. The number of phenolic OH excluding ortho intramolecular Hbond substituents is 1. The van der Waals surface area contributed by atoms with Gasteiger partial charge in [0.25, 0.3) is 5.91 Å². The molecule has 6 heteroatoms. The number of nitrogens with zero attached hydrogens (tertiary/aromatic N) is 2. The Bertz CT molecular complexity index is 852. The quantitative estimate of drug-likeness (QED) is 0.778. The van der Waals surface area contributed by atoms with Crippen molar-refractivity contribution in [1.82, 2.24) is 15.3 Å². The van der Waals surface area contributed by atoms with E-state index < -0.39 is 17.5 Å². The van der Waals surface area contributed by atoms with Gasteiger partial charge in [0.2, 0.25) is 0 Å². The van der Waals surface area contributed by atoms with Crippen molar-refractivity contribution in [2.75, 3.05) is 0 Å². The highest BCUT2D eigenvalue weighted by atomic mass is 19.1. The summed E-state index contributed by atoms with van der Waals surface area (Å²) in [6.07, 6.45) is 1.65. The van der Waals surface area contributed by atoms with Gasteiger partial charge in [0, 0.05) is 18.3 Å². The van der Waals surface area contributed by atoms with Crippen molar-refractivity contribution in [3.63, 3.8) is 0 Å². The van der Waals surface area contributed by atoms with Crippen LogP contribution in [0.5, 0.6) is 5.75 Å². The van der Waals surface area contributed by atoms with E-state index in [1.165, 1.54) is 18.2 Å². The molecule has 0 atom stereocenters. The van der Waals surface area contributed by atoms with Crippen LogP contribution in [0.1, 0.15) is 16.1 Å². The van der Waals surface area contributed by atoms with Gasteiger partial charge in [-0.1, -0.05) is 12.1 Å². The zero-order valence-electron chi connectivity index (χ0n) is 11.5. The number of amides is 1. The molecule has 3 aromatic rings. The molecule has 0 saturated heterocycles. The van der Waals surface area contributed by atoms with Crippen molar-refractivity contribution in [1.29, 1.82) is 0 Å². The lowest BCUT2D eigenvalue weighted by atomic mass is 10.2. The van der Waals surface area contributed by atoms with Crippen LogP contribution in [0.4, 0.5) is 4.39 Å². The van der Waals surface area contributed by atoms with Crippen LogP contribution in [0.25, 0.3) is 11.0 Å². The first-order chi connectivity index (χ1) is 10.6. The Hall–Kier alpha value is -3.02. The summed E-state index contributed by atoms with van der Waals surface area (Å²) in [6, 6.07) is 11.0. The minimum Gasteiger partial charge on any atom is -0.505 e. The third kappa shape index (κ3) is 2.71. The third-order valence-corrected chi connectivity index (χ3v) is 3.19. The van der Waals surface area contributed by atoms with Crippen molar-refractivity contribution in [3.05, 3.63) is 65.7 Å². The highest BCUT2D eigenvalue weighted by Crippen LogP contribution is 2.18. The van der Waals surface area contributed by atoms with Gasteiger partial charge in [0.05, 0.1) is 11.0 Å². The third-order valence-electron chi connectivity index (χ3n) is 3.19. The molecule has 22 heavy (non-hydrogen) atoms. The van der Waals surface area contributed by atoms with Gasteiger partial charge < -0.3 is 10.4 Å². The van der Waals surface area contributed by atoms with Gasteiger partial charge in [-0.2, -0.15) is 0 Å². The molecule has 0 radical (unpaired) electrons. The molecule has 0 saturated carbocycles. The van der Waals surface area contributed by atoms with Crippen LogP contribution in [0, 0.1) is 5.82 Å². The molecule has 0 fully saturated rings. The summed E-state index contributed by atoms with van der Waals surface area (Å²) >= 11 is 0. The summed E-state index contributed by atoms with van der Waals surface area (Å²) in [6.45, 7) is -0.0359. The van der Waals surface area contributed by atoms with E-state index in [1.54, 1.807) is 30.5 Å². The van der Waals surface area contributed by atoms with E-state index in [2.05, 4.69) is 15.3 Å². The lowest BCUT2D eigenvalue weighted by Crippen LogP contribution is -2.24. The standard InChI is InChI=1S/C16H12FN3O2/c17-15-10(3-1-5-14(15)21)9-19-16(22)13-7-6-11-12(20-13)4-2-8-18-11/h1-8,21H,9H2,(H,19,22). The Morgan fingerprint density at radius 1 is 1.14 bits per heavy atom. The SMILES string of the molecule is O=C(NCc1cccc(O)c1F)c1ccc2ncccc2n1. The summed E-state index contributed by atoms with van der Waals surface area (Å²) in [5.74, 6) is -1.60. The first-order valence-corrected chi connectivity index (χ1v) is 6.61. The number of carbonyl (C=O) groups is 1. The maximum absolute atomic E-state index is 13.6. The molecule has 110 valence electrons. The molecule has 2 aromatic heterocycles. The molecule has 2 N–H and O–H groups in total. The molecule has 0 aliphatic heterocycles. The zero-order valence-corrected chi connectivity index (χ0v) is 11.5. The summed E-state index contributed by atoms with van der Waals surface area (Å²) < 4.78 is 13.6. The summed E-state index contributed by atoms with van der Waals surface area (Å²) in [7, 11) is 0. The number of halogens is 1. The van der Waals surface area contributed by atoms with Crippen LogP contribution in [-0.4, -0.2) is 21.0 Å². The lowest BCUT2D eigenvalue weighted by Gasteiger charge is -2.07. The van der Waals surface area contributed by atoms with Gasteiger partial charge in [-0.3, -0.25) is 9.78 Å². The largest absolute Gasteiger partial charge is 0.505 e. The van der Waals surface area contributed by atoms with E-state index in [-0.39, 0.29) is 17.8 Å². The fourth-order valence-corrected chi connectivity index (χ4v) is 2.05. The number of nitrogens with one attached hydrogen (secondary N) is 1. The fraction of sp³-hybridized carbons (Fsp3) is 0.0625. The number of pyridine rings is 2. The number of hydrogen-bond donors (Lipinski definition) is 2. The van der Waals surface area contributed by atoms with Gasteiger partial charge in [0.1, 0.15) is 5.69 Å². The molecule has 0 aliphatic rings. The van der Waals surface area contributed by atoms with Crippen LogP contribution in [0.3, 0.4) is 0 Å². The van der Waals surface area contributed by atoms with E-state index in [4.69, 9.17) is 0 Å². The van der Waals surface area contributed by atoms with Crippen LogP contribution >= 0.6 is 0 Å². The van der Waals surface area contributed by atoms with Crippen molar-refractivity contribution in [3.8, 4) is 5.75 Å². The second-order valence-corrected chi connectivity index (χ2v) is 4.67. The van der Waals surface area contributed by atoms with Gasteiger partial charge in [-0.25, -0.2) is 9.37 Å². The number of carbonyl (C=O) groups excluding carboxylic acids is 1. The van der Waals surface area contributed by atoms with Gasteiger partial charge in [0.15, 0.2) is 11.6 Å². The Balaban J connectivity index is 1.77. The highest BCUT2D eigenvalue weighted by Gasteiger charge is 2.11.